The first-order chi connectivity index (χ1) is 12.0. The van der Waals surface area contributed by atoms with Gasteiger partial charge in [-0.1, -0.05) is 23.7 Å². The monoisotopic (exact) mass is 366 g/mol. The van der Waals surface area contributed by atoms with Gasteiger partial charge in [0.1, 0.15) is 0 Å². The lowest BCUT2D eigenvalue weighted by atomic mass is 10.00. The molecule has 136 valence electrons. The van der Waals surface area contributed by atoms with E-state index in [1.165, 1.54) is 6.92 Å². The van der Waals surface area contributed by atoms with Crippen molar-refractivity contribution in [2.45, 2.75) is 38.0 Å². The molecule has 0 aromatic heterocycles. The number of carbonyl (C=O) groups excluding carboxylic acids is 2. The normalized spacial score (nSPS) is 20.5. The summed E-state index contributed by atoms with van der Waals surface area (Å²) < 4.78 is 11.4. The molecule has 1 aromatic rings. The highest BCUT2D eigenvalue weighted by Crippen LogP contribution is 2.32. The number of hydrogen-bond donors (Lipinski definition) is 1. The Morgan fingerprint density at radius 2 is 1.96 bits per heavy atom. The van der Waals surface area contributed by atoms with Crippen LogP contribution in [0, 0.1) is 0 Å². The van der Waals surface area contributed by atoms with E-state index >= 15 is 0 Å². The first-order valence-electron chi connectivity index (χ1n) is 8.56. The molecule has 1 unspecified atom stereocenters. The van der Waals surface area contributed by atoms with E-state index in [9.17, 15) is 9.59 Å². The summed E-state index contributed by atoms with van der Waals surface area (Å²) >= 11 is 6.04. The van der Waals surface area contributed by atoms with Gasteiger partial charge in [-0.15, -0.1) is 0 Å². The van der Waals surface area contributed by atoms with Crippen molar-refractivity contribution < 1.29 is 19.1 Å². The number of piperidine rings is 1. The van der Waals surface area contributed by atoms with Gasteiger partial charge in [0.15, 0.2) is 5.79 Å². The van der Waals surface area contributed by atoms with Crippen molar-refractivity contribution in [2.75, 3.05) is 26.3 Å². The summed E-state index contributed by atoms with van der Waals surface area (Å²) in [4.78, 5) is 26.1. The number of rotatable bonds is 4. The second-order valence-corrected chi connectivity index (χ2v) is 6.94. The summed E-state index contributed by atoms with van der Waals surface area (Å²) in [5.41, 5.74) is 0.826. The van der Waals surface area contributed by atoms with Gasteiger partial charge in [0.2, 0.25) is 11.8 Å². The number of hydrogen-bond acceptors (Lipinski definition) is 4. The molecular weight excluding hydrogens is 344 g/mol. The molecule has 1 spiro atoms. The van der Waals surface area contributed by atoms with Gasteiger partial charge in [-0.3, -0.25) is 9.59 Å². The molecule has 0 saturated carbocycles. The van der Waals surface area contributed by atoms with E-state index in [1.807, 2.05) is 17.0 Å². The number of halogens is 1. The third-order valence-electron chi connectivity index (χ3n) is 4.70. The Morgan fingerprint density at radius 3 is 2.56 bits per heavy atom. The Balaban J connectivity index is 1.63. The van der Waals surface area contributed by atoms with E-state index in [2.05, 4.69) is 5.32 Å². The number of nitrogens with one attached hydrogen (secondary N) is 1. The molecule has 25 heavy (non-hydrogen) atoms. The quantitative estimate of drug-likeness (QED) is 0.887. The molecule has 0 bridgehead atoms. The number of benzene rings is 1. The molecule has 7 heteroatoms. The lowest BCUT2D eigenvalue weighted by Gasteiger charge is -2.38. The predicted molar refractivity (Wildman–Crippen MR) is 93.1 cm³/mol. The van der Waals surface area contributed by atoms with Crippen molar-refractivity contribution in [3.8, 4) is 0 Å². The molecule has 0 aliphatic carbocycles. The summed E-state index contributed by atoms with van der Waals surface area (Å²) in [7, 11) is 0. The standard InChI is InChI=1S/C18H23ClN2O4/c1-13(22)20-16(14-3-2-4-15(19)11-14)12-17(23)21-7-5-18(6-8-21)24-9-10-25-18/h2-4,11,16H,5-10,12H2,1H3,(H,20,22). The maximum atomic E-state index is 12.7. The third kappa shape index (κ3) is 4.51. The van der Waals surface area contributed by atoms with Gasteiger partial charge < -0.3 is 19.7 Å². The number of amides is 2. The zero-order chi connectivity index (χ0) is 17.9. The maximum Gasteiger partial charge on any atom is 0.224 e. The summed E-state index contributed by atoms with van der Waals surface area (Å²) in [6.45, 7) is 3.88. The number of carbonyl (C=O) groups is 2. The molecule has 1 atom stereocenters. The molecule has 6 nitrogen and oxygen atoms in total. The second-order valence-electron chi connectivity index (χ2n) is 6.50. The Kier molecular flexibility index (Phi) is 5.61. The van der Waals surface area contributed by atoms with Gasteiger partial charge in [0.05, 0.1) is 25.7 Å². The van der Waals surface area contributed by atoms with Crippen LogP contribution in [0.1, 0.15) is 37.8 Å². The van der Waals surface area contributed by atoms with Crippen LogP contribution < -0.4 is 5.32 Å². The highest BCUT2D eigenvalue weighted by atomic mass is 35.5. The van der Waals surface area contributed by atoms with Crippen molar-refractivity contribution in [3.63, 3.8) is 0 Å². The molecule has 2 aliphatic rings. The first-order valence-corrected chi connectivity index (χ1v) is 8.93. The number of likely N-dealkylation sites (tertiary alicyclic amines) is 1. The topological polar surface area (TPSA) is 67.9 Å². The minimum absolute atomic E-state index is 0.00609. The van der Waals surface area contributed by atoms with Crippen LogP contribution in [0.3, 0.4) is 0 Å². The number of nitrogens with zero attached hydrogens (tertiary/aromatic N) is 1. The van der Waals surface area contributed by atoms with E-state index in [0.717, 1.165) is 5.56 Å². The van der Waals surface area contributed by atoms with Gasteiger partial charge in [0.25, 0.3) is 0 Å². The average molecular weight is 367 g/mol. The van der Waals surface area contributed by atoms with Crippen LogP contribution >= 0.6 is 11.6 Å². The highest BCUT2D eigenvalue weighted by molar-refractivity contribution is 6.30. The molecule has 2 aliphatic heterocycles. The van der Waals surface area contributed by atoms with Crippen LogP contribution in [0.2, 0.25) is 5.02 Å². The molecule has 3 rings (SSSR count). The fraction of sp³-hybridized carbons (Fsp3) is 0.556. The van der Waals surface area contributed by atoms with E-state index in [1.54, 1.807) is 12.1 Å². The Morgan fingerprint density at radius 1 is 1.28 bits per heavy atom. The fourth-order valence-electron chi connectivity index (χ4n) is 3.41. The number of ether oxygens (including phenoxy) is 2. The zero-order valence-electron chi connectivity index (χ0n) is 14.3. The minimum atomic E-state index is -0.499. The molecule has 2 heterocycles. The van der Waals surface area contributed by atoms with Gasteiger partial charge in [-0.25, -0.2) is 0 Å². The second kappa shape index (κ2) is 7.72. The van der Waals surface area contributed by atoms with Gasteiger partial charge in [-0.2, -0.15) is 0 Å². The molecule has 0 radical (unpaired) electrons. The van der Waals surface area contributed by atoms with E-state index < -0.39 is 11.8 Å². The summed E-state index contributed by atoms with van der Waals surface area (Å²) in [6.07, 6.45) is 1.57. The van der Waals surface area contributed by atoms with E-state index in [0.29, 0.717) is 44.2 Å². The Bertz CT molecular complexity index is 636. The zero-order valence-corrected chi connectivity index (χ0v) is 15.1. The highest BCUT2D eigenvalue weighted by Gasteiger charge is 2.40. The van der Waals surface area contributed by atoms with Crippen molar-refractivity contribution in [2.24, 2.45) is 0 Å². The minimum Gasteiger partial charge on any atom is -0.349 e. The molecule has 2 saturated heterocycles. The summed E-state index contributed by atoms with van der Waals surface area (Å²) in [5.74, 6) is -0.671. The van der Waals surface area contributed by atoms with Crippen LogP contribution in [0.15, 0.2) is 24.3 Å². The third-order valence-corrected chi connectivity index (χ3v) is 4.93. The van der Waals surface area contributed by atoms with E-state index in [4.69, 9.17) is 21.1 Å². The van der Waals surface area contributed by atoms with Crippen LogP contribution in [-0.2, 0) is 19.1 Å². The Hall–Kier alpha value is -1.63. The molecule has 2 fully saturated rings. The van der Waals surface area contributed by atoms with Crippen LogP contribution in [-0.4, -0.2) is 48.8 Å². The summed E-state index contributed by atoms with van der Waals surface area (Å²) in [6, 6.07) is 6.84. The van der Waals surface area contributed by atoms with Crippen molar-refractivity contribution in [1.82, 2.24) is 10.2 Å². The molecule has 1 aromatic carbocycles. The van der Waals surface area contributed by atoms with Crippen molar-refractivity contribution in [1.29, 1.82) is 0 Å². The summed E-state index contributed by atoms with van der Waals surface area (Å²) in [5, 5.41) is 3.43. The average Bonchev–Trinajstić information content (AvgIpc) is 3.02. The maximum absolute atomic E-state index is 12.7. The van der Waals surface area contributed by atoms with Gasteiger partial charge in [0, 0.05) is 37.9 Å². The van der Waals surface area contributed by atoms with Crippen molar-refractivity contribution >= 4 is 23.4 Å². The fourth-order valence-corrected chi connectivity index (χ4v) is 3.61. The van der Waals surface area contributed by atoms with Gasteiger partial charge >= 0.3 is 0 Å². The largest absolute Gasteiger partial charge is 0.349 e. The van der Waals surface area contributed by atoms with Crippen molar-refractivity contribution in [3.05, 3.63) is 34.9 Å². The van der Waals surface area contributed by atoms with Crippen LogP contribution in [0.5, 0.6) is 0 Å². The van der Waals surface area contributed by atoms with E-state index in [-0.39, 0.29) is 18.2 Å². The van der Waals surface area contributed by atoms with Gasteiger partial charge in [-0.05, 0) is 17.7 Å². The molecular formula is C18H23ClN2O4. The lowest BCUT2D eigenvalue weighted by molar-refractivity contribution is -0.187. The molecule has 1 N–H and O–H groups in total. The molecule has 2 amide bonds. The van der Waals surface area contributed by atoms with Crippen LogP contribution in [0.4, 0.5) is 0 Å². The van der Waals surface area contributed by atoms with Crippen LogP contribution in [0.25, 0.3) is 0 Å². The predicted octanol–water partition coefficient (Wildman–Crippen LogP) is 2.27. The SMILES string of the molecule is CC(=O)NC(CC(=O)N1CCC2(CC1)OCCO2)c1cccc(Cl)c1. The smallest absolute Gasteiger partial charge is 0.224 e. The Labute approximate surface area is 152 Å². The first kappa shape index (κ1) is 18.2. The lowest BCUT2D eigenvalue weighted by Crippen LogP contribution is -2.48.